The number of carbonyl (C=O) groups is 1. The van der Waals surface area contributed by atoms with Gasteiger partial charge in [-0.15, -0.1) is 11.8 Å². The maximum Gasteiger partial charge on any atom is 0.356 e. The summed E-state index contributed by atoms with van der Waals surface area (Å²) in [5.74, 6) is -0.288. The zero-order valence-corrected chi connectivity index (χ0v) is 9.99. The van der Waals surface area contributed by atoms with Gasteiger partial charge < -0.3 is 5.11 Å². The highest BCUT2D eigenvalue weighted by molar-refractivity contribution is 7.98. The van der Waals surface area contributed by atoms with E-state index in [0.717, 1.165) is 16.8 Å². The quantitative estimate of drug-likeness (QED) is 0.839. The van der Waals surface area contributed by atoms with E-state index in [4.69, 9.17) is 5.11 Å². The number of hydrogen-bond donors (Lipinski definition) is 1. The molecule has 0 aliphatic carbocycles. The number of thioether (sulfide) groups is 1. The highest BCUT2D eigenvalue weighted by atomic mass is 32.2. The molecule has 1 N–H and O–H groups in total. The van der Waals surface area contributed by atoms with Crippen LogP contribution in [0.1, 0.15) is 16.1 Å². The first-order valence-electron chi connectivity index (χ1n) is 5.20. The van der Waals surface area contributed by atoms with Crippen molar-refractivity contribution in [3.63, 3.8) is 0 Å². The van der Waals surface area contributed by atoms with Crippen LogP contribution in [0, 0.1) is 0 Å². The lowest BCUT2D eigenvalue weighted by Gasteiger charge is -2.16. The van der Waals surface area contributed by atoms with Gasteiger partial charge in [-0.1, -0.05) is 18.2 Å². The monoisotopic (exact) mass is 246 g/mol. The van der Waals surface area contributed by atoms with Gasteiger partial charge in [-0.2, -0.15) is 5.10 Å². The first-order valence-corrected chi connectivity index (χ1v) is 6.18. The number of benzene rings is 1. The Morgan fingerprint density at radius 2 is 2.24 bits per heavy atom. The maximum atomic E-state index is 11.1. The lowest BCUT2D eigenvalue weighted by molar-refractivity contribution is 0.0689. The van der Waals surface area contributed by atoms with E-state index in [1.807, 2.05) is 18.2 Å². The van der Waals surface area contributed by atoms with Crippen LogP contribution in [0.15, 0.2) is 29.2 Å². The second-order valence-corrected chi connectivity index (χ2v) is 4.91. The Labute approximate surface area is 102 Å². The third-order valence-electron chi connectivity index (χ3n) is 2.86. The normalized spacial score (nSPS) is 13.0. The molecule has 4 nitrogen and oxygen atoms in total. The van der Waals surface area contributed by atoms with Gasteiger partial charge in [0.15, 0.2) is 5.69 Å². The highest BCUT2D eigenvalue weighted by Gasteiger charge is 2.26. The van der Waals surface area contributed by atoms with Gasteiger partial charge in [-0.05, 0) is 6.07 Å². The second-order valence-electron chi connectivity index (χ2n) is 3.89. The number of aromatic carboxylic acids is 1. The smallest absolute Gasteiger partial charge is 0.356 e. The number of carboxylic acid groups (broad SMARTS) is 1. The van der Waals surface area contributed by atoms with Gasteiger partial charge in [-0.25, -0.2) is 4.79 Å². The molecular formula is C12H10N2O2S. The van der Waals surface area contributed by atoms with Crippen LogP contribution in [0.4, 0.5) is 0 Å². The van der Waals surface area contributed by atoms with Gasteiger partial charge in [0.1, 0.15) is 0 Å². The Hall–Kier alpha value is -1.75. The number of hydrogen-bond acceptors (Lipinski definition) is 3. The van der Waals surface area contributed by atoms with Gasteiger partial charge in [0.2, 0.25) is 0 Å². The lowest BCUT2D eigenvalue weighted by atomic mass is 10.1. The van der Waals surface area contributed by atoms with Crippen molar-refractivity contribution in [2.75, 3.05) is 0 Å². The summed E-state index contributed by atoms with van der Waals surface area (Å²) in [6.07, 6.45) is 0. The van der Waals surface area contributed by atoms with E-state index in [9.17, 15) is 4.79 Å². The van der Waals surface area contributed by atoms with Crippen LogP contribution in [0.2, 0.25) is 0 Å². The molecular weight excluding hydrogens is 236 g/mol. The van der Waals surface area contributed by atoms with E-state index in [2.05, 4.69) is 11.2 Å². The van der Waals surface area contributed by atoms with Crippen LogP contribution in [0.5, 0.6) is 0 Å². The van der Waals surface area contributed by atoms with Crippen molar-refractivity contribution in [2.24, 2.45) is 7.05 Å². The predicted octanol–water partition coefficient (Wildman–Crippen LogP) is 2.39. The van der Waals surface area contributed by atoms with Gasteiger partial charge in [0.05, 0.1) is 5.69 Å². The SMILES string of the molecule is Cn1nc(C(=O)O)c2c1-c1ccccc1SC2. The lowest BCUT2D eigenvalue weighted by Crippen LogP contribution is -2.02. The van der Waals surface area contributed by atoms with E-state index in [1.165, 1.54) is 4.90 Å². The van der Waals surface area contributed by atoms with Gasteiger partial charge in [-0.3, -0.25) is 4.68 Å². The summed E-state index contributed by atoms with van der Waals surface area (Å²) < 4.78 is 1.66. The molecule has 0 spiro atoms. The number of fused-ring (bicyclic) bond motifs is 3. The first-order chi connectivity index (χ1) is 8.18. The molecule has 0 saturated heterocycles. The summed E-state index contributed by atoms with van der Waals surface area (Å²) in [5, 5.41) is 13.2. The van der Waals surface area contributed by atoms with Gasteiger partial charge in [0, 0.05) is 28.8 Å². The van der Waals surface area contributed by atoms with Crippen molar-refractivity contribution >= 4 is 17.7 Å². The predicted molar refractivity (Wildman–Crippen MR) is 65.2 cm³/mol. The van der Waals surface area contributed by atoms with Crippen LogP contribution in [0.3, 0.4) is 0 Å². The number of aromatic nitrogens is 2. The molecule has 2 heterocycles. The molecule has 0 bridgehead atoms. The fraction of sp³-hybridized carbons (Fsp3) is 0.167. The molecule has 0 fully saturated rings. The van der Waals surface area contributed by atoms with Crippen LogP contribution < -0.4 is 0 Å². The number of carboxylic acids is 1. The van der Waals surface area contributed by atoms with E-state index in [1.54, 1.807) is 23.5 Å². The Balaban J connectivity index is 2.30. The Kier molecular flexibility index (Phi) is 2.22. The van der Waals surface area contributed by atoms with Crippen LogP contribution in [-0.2, 0) is 12.8 Å². The average molecular weight is 246 g/mol. The summed E-state index contributed by atoms with van der Waals surface area (Å²) in [5.41, 5.74) is 2.99. The number of nitrogens with zero attached hydrogens (tertiary/aromatic N) is 2. The van der Waals surface area contributed by atoms with E-state index < -0.39 is 5.97 Å². The minimum atomic E-state index is -0.957. The second kappa shape index (κ2) is 3.63. The summed E-state index contributed by atoms with van der Waals surface area (Å²) >= 11 is 1.66. The molecule has 17 heavy (non-hydrogen) atoms. The molecule has 0 amide bonds. The maximum absolute atomic E-state index is 11.1. The largest absolute Gasteiger partial charge is 0.476 e. The fourth-order valence-corrected chi connectivity index (χ4v) is 3.22. The van der Waals surface area contributed by atoms with Gasteiger partial charge >= 0.3 is 5.97 Å². The number of rotatable bonds is 1. The standard InChI is InChI=1S/C12H10N2O2S/c1-14-11-7-4-2-3-5-9(7)17-6-8(11)10(13-14)12(15)16/h2-5H,6H2,1H3,(H,15,16). The van der Waals surface area contributed by atoms with Crippen molar-refractivity contribution < 1.29 is 9.90 Å². The van der Waals surface area contributed by atoms with E-state index in [-0.39, 0.29) is 5.69 Å². The molecule has 0 atom stereocenters. The molecule has 0 radical (unpaired) electrons. The van der Waals surface area contributed by atoms with Crippen molar-refractivity contribution in [1.82, 2.24) is 9.78 Å². The molecule has 1 aliphatic rings. The molecule has 1 aromatic carbocycles. The zero-order valence-electron chi connectivity index (χ0n) is 9.17. The number of aryl methyl sites for hydroxylation is 1. The van der Waals surface area contributed by atoms with Crippen molar-refractivity contribution in [3.8, 4) is 11.3 Å². The fourth-order valence-electron chi connectivity index (χ4n) is 2.15. The molecule has 0 unspecified atom stereocenters. The van der Waals surface area contributed by atoms with Crippen LogP contribution >= 0.6 is 11.8 Å². The molecule has 1 aliphatic heterocycles. The van der Waals surface area contributed by atoms with E-state index >= 15 is 0 Å². The summed E-state index contributed by atoms with van der Waals surface area (Å²) in [6.45, 7) is 0. The molecule has 86 valence electrons. The molecule has 3 rings (SSSR count). The van der Waals surface area contributed by atoms with E-state index in [0.29, 0.717) is 5.75 Å². The molecule has 0 saturated carbocycles. The highest BCUT2D eigenvalue weighted by Crippen LogP contribution is 2.42. The zero-order chi connectivity index (χ0) is 12.0. The third-order valence-corrected chi connectivity index (χ3v) is 3.96. The Morgan fingerprint density at radius 3 is 3.00 bits per heavy atom. The van der Waals surface area contributed by atoms with Crippen molar-refractivity contribution in [3.05, 3.63) is 35.5 Å². The molecule has 1 aromatic heterocycles. The van der Waals surface area contributed by atoms with Gasteiger partial charge in [0.25, 0.3) is 0 Å². The first kappa shape index (κ1) is 10.4. The Bertz CT molecular complexity index is 619. The third kappa shape index (κ3) is 1.46. The minimum Gasteiger partial charge on any atom is -0.476 e. The Morgan fingerprint density at radius 1 is 1.47 bits per heavy atom. The minimum absolute atomic E-state index is 0.171. The van der Waals surface area contributed by atoms with Crippen LogP contribution in [0.25, 0.3) is 11.3 Å². The summed E-state index contributed by atoms with van der Waals surface area (Å²) in [4.78, 5) is 12.3. The van der Waals surface area contributed by atoms with Crippen molar-refractivity contribution in [1.29, 1.82) is 0 Å². The van der Waals surface area contributed by atoms with Crippen LogP contribution in [-0.4, -0.2) is 20.9 Å². The molecule has 2 aromatic rings. The van der Waals surface area contributed by atoms with Crippen molar-refractivity contribution in [2.45, 2.75) is 10.6 Å². The molecule has 5 heteroatoms. The summed E-state index contributed by atoms with van der Waals surface area (Å²) in [7, 11) is 1.79. The average Bonchev–Trinajstić information content (AvgIpc) is 2.67. The topological polar surface area (TPSA) is 55.1 Å². The summed E-state index contributed by atoms with van der Waals surface area (Å²) in [6, 6.07) is 8.01.